The molecule has 6 unspecified atom stereocenters. The lowest BCUT2D eigenvalue weighted by Gasteiger charge is -2.32. The number of nitrogens with one attached hydrogen (secondary N) is 1. The summed E-state index contributed by atoms with van der Waals surface area (Å²) in [6, 6.07) is 0. The monoisotopic (exact) mass is 440 g/mol. The van der Waals surface area contributed by atoms with Crippen molar-refractivity contribution in [1.82, 2.24) is 10.2 Å². The highest BCUT2D eigenvalue weighted by Gasteiger charge is 2.30. The van der Waals surface area contributed by atoms with Crippen molar-refractivity contribution < 1.29 is 50.4 Å². The van der Waals surface area contributed by atoms with Crippen LogP contribution >= 0.6 is 0 Å². The third-order valence-electron chi connectivity index (χ3n) is 4.56. The number of carbonyl (C=O) groups is 2. The number of hydrogen-bond acceptors (Lipinski definition) is 11. The predicted molar refractivity (Wildman–Crippen MR) is 104 cm³/mol. The highest BCUT2D eigenvalue weighted by atomic mass is 16.4. The Morgan fingerprint density at radius 2 is 1.30 bits per heavy atom. The molecular formula is C18H36N2O10. The van der Waals surface area contributed by atoms with Gasteiger partial charge in [-0.25, -0.2) is 0 Å². The lowest BCUT2D eigenvalue weighted by molar-refractivity contribution is -0.122. The van der Waals surface area contributed by atoms with Crippen LogP contribution in [0.3, 0.4) is 0 Å². The fourth-order valence-electron chi connectivity index (χ4n) is 2.75. The van der Waals surface area contributed by atoms with Gasteiger partial charge in [-0.3, -0.25) is 9.69 Å². The Hall–Kier alpha value is -1.22. The highest BCUT2D eigenvalue weighted by molar-refractivity contribution is 5.77. The first-order valence-corrected chi connectivity index (χ1v) is 9.90. The second-order valence-corrected chi connectivity index (χ2v) is 7.09. The van der Waals surface area contributed by atoms with E-state index < -0.39 is 49.8 Å². The van der Waals surface area contributed by atoms with Crippen LogP contribution in [-0.2, 0) is 9.59 Å². The Labute approximate surface area is 175 Å². The minimum Gasteiger partial charge on any atom is -0.396 e. The number of rotatable bonds is 18. The Morgan fingerprint density at radius 1 is 0.833 bits per heavy atom. The summed E-state index contributed by atoms with van der Waals surface area (Å²) in [5, 5.41) is 79.9. The van der Waals surface area contributed by atoms with Gasteiger partial charge in [0.2, 0.25) is 5.91 Å². The third-order valence-corrected chi connectivity index (χ3v) is 4.56. The predicted octanol–water partition coefficient (Wildman–Crippen LogP) is -4.69. The van der Waals surface area contributed by atoms with Crippen LogP contribution in [0.4, 0.5) is 0 Å². The first-order valence-electron chi connectivity index (χ1n) is 9.90. The highest BCUT2D eigenvalue weighted by Crippen LogP contribution is 2.10. The second-order valence-electron chi connectivity index (χ2n) is 7.09. The molecule has 0 heterocycles. The van der Waals surface area contributed by atoms with E-state index in [4.69, 9.17) is 10.2 Å². The quantitative estimate of drug-likeness (QED) is 0.0924. The van der Waals surface area contributed by atoms with Gasteiger partial charge >= 0.3 is 0 Å². The zero-order valence-electron chi connectivity index (χ0n) is 17.0. The first-order chi connectivity index (χ1) is 14.2. The van der Waals surface area contributed by atoms with Crippen LogP contribution in [0.2, 0.25) is 0 Å². The van der Waals surface area contributed by atoms with E-state index >= 15 is 0 Å². The van der Waals surface area contributed by atoms with Gasteiger partial charge in [-0.1, -0.05) is 0 Å². The summed E-state index contributed by atoms with van der Waals surface area (Å²) < 4.78 is 0. The molecule has 0 spiro atoms. The van der Waals surface area contributed by atoms with Crippen molar-refractivity contribution in [2.24, 2.45) is 0 Å². The number of nitrogens with zero attached hydrogens (tertiary/aromatic N) is 1. The summed E-state index contributed by atoms with van der Waals surface area (Å²) >= 11 is 0. The molecule has 0 aromatic carbocycles. The number of hydrogen-bond donors (Lipinski definition) is 9. The van der Waals surface area contributed by atoms with Crippen LogP contribution in [0.25, 0.3) is 0 Å². The van der Waals surface area contributed by atoms with E-state index in [1.807, 2.05) is 0 Å². The Kier molecular flexibility index (Phi) is 15.8. The van der Waals surface area contributed by atoms with Crippen LogP contribution in [0, 0.1) is 0 Å². The van der Waals surface area contributed by atoms with Gasteiger partial charge in [-0.15, -0.1) is 0 Å². The molecule has 0 aromatic rings. The molecule has 30 heavy (non-hydrogen) atoms. The van der Waals surface area contributed by atoms with E-state index in [1.165, 1.54) is 4.90 Å². The average molecular weight is 440 g/mol. The average Bonchev–Trinajstić information content (AvgIpc) is 2.70. The van der Waals surface area contributed by atoms with Gasteiger partial charge < -0.3 is 51.0 Å². The molecule has 178 valence electrons. The Bertz CT molecular complexity index is 444. The van der Waals surface area contributed by atoms with Crippen molar-refractivity contribution in [3.8, 4) is 0 Å². The van der Waals surface area contributed by atoms with Crippen LogP contribution < -0.4 is 5.32 Å². The number of carbonyl (C=O) groups excluding carboxylic acids is 2. The topological polar surface area (TPSA) is 211 Å². The van der Waals surface area contributed by atoms with Gasteiger partial charge in [-0.2, -0.15) is 0 Å². The van der Waals surface area contributed by atoms with Crippen molar-refractivity contribution in [2.45, 2.75) is 62.3 Å². The van der Waals surface area contributed by atoms with E-state index in [0.717, 1.165) is 0 Å². The number of aliphatic hydroxyl groups is 8. The summed E-state index contributed by atoms with van der Waals surface area (Å²) in [6.07, 6.45) is -8.48. The largest absolute Gasteiger partial charge is 0.396 e. The summed E-state index contributed by atoms with van der Waals surface area (Å²) in [5.74, 6) is -0.375. The fourth-order valence-corrected chi connectivity index (χ4v) is 2.75. The van der Waals surface area contributed by atoms with Gasteiger partial charge in [0.1, 0.15) is 18.5 Å². The van der Waals surface area contributed by atoms with E-state index in [2.05, 4.69) is 5.32 Å². The smallest absolute Gasteiger partial charge is 0.220 e. The maximum Gasteiger partial charge on any atom is 0.220 e. The number of aldehydes is 1. The molecule has 0 fully saturated rings. The zero-order valence-corrected chi connectivity index (χ0v) is 17.0. The molecule has 0 radical (unpaired) electrons. The van der Waals surface area contributed by atoms with Crippen molar-refractivity contribution in [3.63, 3.8) is 0 Å². The van der Waals surface area contributed by atoms with Crippen LogP contribution in [0.1, 0.15) is 25.7 Å². The molecule has 0 saturated heterocycles. The molecule has 0 aromatic heterocycles. The maximum atomic E-state index is 11.6. The molecule has 0 aliphatic heterocycles. The van der Waals surface area contributed by atoms with E-state index in [0.29, 0.717) is 6.29 Å². The summed E-state index contributed by atoms with van der Waals surface area (Å²) in [6.45, 7) is -1.15. The molecule has 1 amide bonds. The summed E-state index contributed by atoms with van der Waals surface area (Å²) in [4.78, 5) is 23.3. The van der Waals surface area contributed by atoms with Crippen molar-refractivity contribution in [3.05, 3.63) is 0 Å². The van der Waals surface area contributed by atoms with Gasteiger partial charge in [0.25, 0.3) is 0 Å². The molecule has 9 N–H and O–H groups in total. The fraction of sp³-hybridized carbons (Fsp3) is 0.889. The van der Waals surface area contributed by atoms with Crippen LogP contribution in [-0.4, -0.2) is 134 Å². The van der Waals surface area contributed by atoms with Gasteiger partial charge in [0.05, 0.1) is 24.4 Å². The van der Waals surface area contributed by atoms with Crippen LogP contribution in [0.5, 0.6) is 0 Å². The van der Waals surface area contributed by atoms with Gasteiger partial charge in [0.15, 0.2) is 0 Å². The Morgan fingerprint density at radius 3 is 1.70 bits per heavy atom. The molecule has 0 aliphatic rings. The minimum absolute atomic E-state index is 0.00683. The molecule has 0 bridgehead atoms. The van der Waals surface area contributed by atoms with Gasteiger partial charge in [-0.05, 0) is 12.8 Å². The summed E-state index contributed by atoms with van der Waals surface area (Å²) in [7, 11) is 0. The van der Waals surface area contributed by atoms with Crippen molar-refractivity contribution in [1.29, 1.82) is 0 Å². The normalized spacial score (nSPS) is 17.8. The Balaban J connectivity index is 4.93. The van der Waals surface area contributed by atoms with E-state index in [1.54, 1.807) is 0 Å². The summed E-state index contributed by atoms with van der Waals surface area (Å²) in [5.41, 5.74) is 0. The molecule has 0 saturated carbocycles. The lowest BCUT2D eigenvalue weighted by Crippen LogP contribution is -2.51. The zero-order chi connectivity index (χ0) is 23.1. The lowest BCUT2D eigenvalue weighted by atomic mass is 10.0. The maximum absolute atomic E-state index is 11.6. The molecular weight excluding hydrogens is 404 g/mol. The molecule has 0 aliphatic carbocycles. The second kappa shape index (κ2) is 16.5. The third kappa shape index (κ3) is 11.8. The molecule has 6 atom stereocenters. The van der Waals surface area contributed by atoms with E-state index in [-0.39, 0.29) is 57.8 Å². The van der Waals surface area contributed by atoms with E-state index in [9.17, 15) is 40.2 Å². The molecule has 12 heteroatoms. The molecule has 12 nitrogen and oxygen atoms in total. The number of aliphatic hydroxyl groups excluding tert-OH is 8. The van der Waals surface area contributed by atoms with Crippen LogP contribution in [0.15, 0.2) is 0 Å². The first kappa shape index (κ1) is 28.8. The number of amides is 1. The van der Waals surface area contributed by atoms with Crippen molar-refractivity contribution >= 4 is 12.2 Å². The van der Waals surface area contributed by atoms with Crippen molar-refractivity contribution in [2.75, 3.05) is 39.4 Å². The standard InChI is InChI=1S/C18H36N2O10/c21-7-1-2-16(28)19-5-6-20(10-14(26)17(29)12(24)3-8-22)11-15(27)18(30)13(25)4-9-23/h7,12-15,17-18,22-27,29-30H,1-6,8-11H2,(H,19,28). The SMILES string of the molecule is O=CCCC(=O)NCCN(CC(O)C(O)C(O)CCO)CC(O)C(O)C(O)CCO. The minimum atomic E-state index is -1.58. The molecule has 0 rings (SSSR count). The van der Waals surface area contributed by atoms with Gasteiger partial charge in [0, 0.05) is 52.2 Å².